The number of hydrogen-bond donors (Lipinski definition) is 0. The lowest BCUT2D eigenvalue weighted by atomic mass is 10.3. The summed E-state index contributed by atoms with van der Waals surface area (Å²) in [6, 6.07) is 0.385. The van der Waals surface area contributed by atoms with E-state index in [2.05, 4.69) is 21.8 Å². The van der Waals surface area contributed by atoms with Gasteiger partial charge in [-0.25, -0.2) is 9.97 Å². The Labute approximate surface area is 88.5 Å². The zero-order valence-corrected chi connectivity index (χ0v) is 8.71. The first kappa shape index (κ1) is 10.8. The molecule has 0 spiro atoms. The fourth-order valence-electron chi connectivity index (χ4n) is 0.796. The van der Waals surface area contributed by atoms with Crippen molar-refractivity contribution in [2.45, 2.75) is 13.3 Å². The summed E-state index contributed by atoms with van der Waals surface area (Å²) in [5.41, 5.74) is 0.776. The van der Waals surface area contributed by atoms with E-state index in [1.165, 1.54) is 0 Å². The van der Waals surface area contributed by atoms with Crippen LogP contribution < -0.4 is 4.74 Å². The number of aromatic nitrogens is 2. The van der Waals surface area contributed by atoms with Crippen LogP contribution in [0.5, 0.6) is 6.01 Å². The monoisotopic (exact) mass is 210 g/mol. The average molecular weight is 211 g/mol. The molecule has 14 heavy (non-hydrogen) atoms. The first-order valence-electron chi connectivity index (χ1n) is 4.36. The topological polar surface area (TPSA) is 35.0 Å². The summed E-state index contributed by atoms with van der Waals surface area (Å²) < 4.78 is 5.09. The van der Waals surface area contributed by atoms with Gasteiger partial charge in [-0.05, 0) is 6.92 Å². The molecule has 1 rings (SSSR count). The number of ether oxygens (including phenoxy) is 1. The summed E-state index contributed by atoms with van der Waals surface area (Å²) in [6.07, 6.45) is 3.95. The van der Waals surface area contributed by atoms with Gasteiger partial charge in [-0.15, -0.1) is 11.6 Å². The lowest BCUT2D eigenvalue weighted by molar-refractivity contribution is 0.312. The highest BCUT2D eigenvalue weighted by Gasteiger charge is 1.93. The molecule has 1 aromatic rings. The van der Waals surface area contributed by atoms with Crippen molar-refractivity contribution in [2.75, 3.05) is 12.5 Å². The summed E-state index contributed by atoms with van der Waals surface area (Å²) in [7, 11) is 0. The minimum atomic E-state index is 0.385. The van der Waals surface area contributed by atoms with Crippen molar-refractivity contribution in [1.29, 1.82) is 0 Å². The third kappa shape index (κ3) is 3.63. The second-order valence-corrected chi connectivity index (χ2v) is 2.81. The molecule has 1 aromatic heterocycles. The highest BCUT2D eigenvalue weighted by Crippen LogP contribution is 2.00. The van der Waals surface area contributed by atoms with Crippen LogP contribution in [0.2, 0.25) is 0 Å². The number of alkyl halides is 1. The molecular weight excluding hydrogens is 200 g/mol. The molecule has 0 unspecified atom stereocenters. The molecule has 0 aliphatic carbocycles. The Morgan fingerprint density at radius 3 is 2.71 bits per heavy atom. The van der Waals surface area contributed by atoms with Gasteiger partial charge in [-0.2, -0.15) is 0 Å². The van der Waals surface area contributed by atoms with Crippen molar-refractivity contribution >= 4 is 11.6 Å². The van der Waals surface area contributed by atoms with E-state index >= 15 is 0 Å². The zero-order valence-electron chi connectivity index (χ0n) is 7.96. The Hall–Kier alpha value is -1.27. The molecule has 0 aliphatic rings. The Bertz CT molecular complexity index is 326. The number of rotatable bonds is 3. The van der Waals surface area contributed by atoms with Crippen LogP contribution in [0, 0.1) is 11.8 Å². The van der Waals surface area contributed by atoms with Crippen molar-refractivity contribution in [2.24, 2.45) is 0 Å². The smallest absolute Gasteiger partial charge is 0.316 e. The predicted octanol–water partition coefficient (Wildman–Crippen LogP) is 1.86. The van der Waals surface area contributed by atoms with Gasteiger partial charge < -0.3 is 4.74 Å². The molecule has 0 fully saturated rings. The molecule has 0 radical (unpaired) electrons. The third-order valence-electron chi connectivity index (χ3n) is 1.35. The molecule has 0 bridgehead atoms. The van der Waals surface area contributed by atoms with E-state index in [9.17, 15) is 0 Å². The van der Waals surface area contributed by atoms with E-state index in [4.69, 9.17) is 16.3 Å². The molecule has 0 amide bonds. The fourth-order valence-corrected chi connectivity index (χ4v) is 0.891. The van der Waals surface area contributed by atoms with Gasteiger partial charge in [-0.1, -0.05) is 11.8 Å². The Kier molecular flexibility index (Phi) is 4.81. The van der Waals surface area contributed by atoms with Crippen LogP contribution in [-0.4, -0.2) is 22.5 Å². The normalized spacial score (nSPS) is 9.00. The van der Waals surface area contributed by atoms with Gasteiger partial charge in [0.05, 0.1) is 12.2 Å². The number of nitrogens with zero attached hydrogens (tertiary/aromatic N) is 2. The van der Waals surface area contributed by atoms with Crippen LogP contribution in [0.3, 0.4) is 0 Å². The van der Waals surface area contributed by atoms with Gasteiger partial charge in [0.2, 0.25) is 0 Å². The minimum absolute atomic E-state index is 0.385. The molecule has 1 heterocycles. The van der Waals surface area contributed by atoms with Gasteiger partial charge in [0.25, 0.3) is 0 Å². The van der Waals surface area contributed by atoms with Gasteiger partial charge in [0.1, 0.15) is 0 Å². The van der Waals surface area contributed by atoms with E-state index < -0.39 is 0 Å². The minimum Gasteiger partial charge on any atom is -0.464 e. The molecule has 0 saturated heterocycles. The maximum Gasteiger partial charge on any atom is 0.316 e. The van der Waals surface area contributed by atoms with Crippen molar-refractivity contribution < 1.29 is 4.74 Å². The summed E-state index contributed by atoms with van der Waals surface area (Å²) in [5, 5.41) is 0. The molecule has 0 atom stereocenters. The molecular formula is C10H11ClN2O. The maximum absolute atomic E-state index is 5.48. The highest BCUT2D eigenvalue weighted by atomic mass is 35.5. The molecule has 3 nitrogen and oxygen atoms in total. The van der Waals surface area contributed by atoms with Gasteiger partial charge >= 0.3 is 6.01 Å². The van der Waals surface area contributed by atoms with E-state index in [0.29, 0.717) is 24.9 Å². The lowest BCUT2D eigenvalue weighted by Gasteiger charge is -1.98. The Balaban J connectivity index is 2.60. The van der Waals surface area contributed by atoms with E-state index in [1.54, 1.807) is 12.4 Å². The summed E-state index contributed by atoms with van der Waals surface area (Å²) in [5.74, 6) is 6.35. The van der Waals surface area contributed by atoms with Gasteiger partial charge in [0.15, 0.2) is 0 Å². The zero-order chi connectivity index (χ0) is 10.2. The lowest BCUT2D eigenvalue weighted by Crippen LogP contribution is -1.96. The second kappa shape index (κ2) is 6.22. The summed E-state index contributed by atoms with van der Waals surface area (Å²) in [6.45, 7) is 2.45. The van der Waals surface area contributed by atoms with E-state index in [1.807, 2.05) is 6.92 Å². The largest absolute Gasteiger partial charge is 0.464 e. The van der Waals surface area contributed by atoms with Crippen LogP contribution in [0.25, 0.3) is 0 Å². The molecule has 0 saturated carbocycles. The van der Waals surface area contributed by atoms with Gasteiger partial charge in [0, 0.05) is 24.7 Å². The van der Waals surface area contributed by atoms with Gasteiger partial charge in [-0.3, -0.25) is 0 Å². The maximum atomic E-state index is 5.48. The first-order chi connectivity index (χ1) is 6.86. The standard InChI is InChI=1S/C10H11ClN2O/c1-2-14-10-12-7-9(8-13-10)5-3-4-6-11/h7-8H,2,4,6H2,1H3. The molecule has 74 valence electrons. The van der Waals surface area contributed by atoms with Crippen molar-refractivity contribution in [3.05, 3.63) is 18.0 Å². The van der Waals surface area contributed by atoms with Crippen LogP contribution in [0.4, 0.5) is 0 Å². The predicted molar refractivity (Wildman–Crippen MR) is 55.4 cm³/mol. The molecule has 4 heteroatoms. The van der Waals surface area contributed by atoms with E-state index in [0.717, 1.165) is 5.56 Å². The quantitative estimate of drug-likeness (QED) is 0.564. The molecule has 0 aromatic carbocycles. The van der Waals surface area contributed by atoms with Crippen LogP contribution in [-0.2, 0) is 0 Å². The third-order valence-corrected chi connectivity index (χ3v) is 1.54. The average Bonchev–Trinajstić information content (AvgIpc) is 2.21. The molecule has 0 N–H and O–H groups in total. The highest BCUT2D eigenvalue weighted by molar-refractivity contribution is 6.18. The fraction of sp³-hybridized carbons (Fsp3) is 0.400. The van der Waals surface area contributed by atoms with Crippen molar-refractivity contribution in [1.82, 2.24) is 9.97 Å². The van der Waals surface area contributed by atoms with Crippen LogP contribution in [0.15, 0.2) is 12.4 Å². The van der Waals surface area contributed by atoms with Crippen molar-refractivity contribution in [3.63, 3.8) is 0 Å². The first-order valence-corrected chi connectivity index (χ1v) is 4.90. The van der Waals surface area contributed by atoms with Crippen molar-refractivity contribution in [3.8, 4) is 17.9 Å². The van der Waals surface area contributed by atoms with Crippen LogP contribution in [0.1, 0.15) is 18.9 Å². The number of hydrogen-bond acceptors (Lipinski definition) is 3. The Morgan fingerprint density at radius 1 is 1.43 bits per heavy atom. The SMILES string of the molecule is CCOc1ncc(C#CCCCl)cn1. The van der Waals surface area contributed by atoms with Crippen LogP contribution >= 0.6 is 11.6 Å². The van der Waals surface area contributed by atoms with E-state index in [-0.39, 0.29) is 0 Å². The summed E-state index contributed by atoms with van der Waals surface area (Å²) >= 11 is 5.48. The summed E-state index contributed by atoms with van der Waals surface area (Å²) in [4.78, 5) is 7.96. The second-order valence-electron chi connectivity index (χ2n) is 2.43. The molecule has 0 aliphatic heterocycles. The number of halogens is 1. The Morgan fingerprint density at radius 2 is 2.14 bits per heavy atom.